The van der Waals surface area contributed by atoms with Crippen molar-refractivity contribution in [1.29, 1.82) is 0 Å². The molecule has 0 saturated heterocycles. The minimum absolute atomic E-state index is 0.252. The molecule has 0 saturated carbocycles. The fourth-order valence-electron chi connectivity index (χ4n) is 4.60. The lowest BCUT2D eigenvalue weighted by Crippen LogP contribution is -2.23. The van der Waals surface area contributed by atoms with Gasteiger partial charge in [-0.15, -0.1) is 0 Å². The Labute approximate surface area is 160 Å². The molecule has 4 rings (SSSR count). The number of carbonyl (C=O) groups is 1. The molecule has 0 fully saturated rings. The number of carboxylic acid groups (broad SMARTS) is 1. The number of hydrogen-bond donors (Lipinski definition) is 1. The summed E-state index contributed by atoms with van der Waals surface area (Å²) in [7, 11) is 0. The molecule has 2 heteroatoms. The van der Waals surface area contributed by atoms with Crippen LogP contribution in [0.5, 0.6) is 0 Å². The van der Waals surface area contributed by atoms with E-state index in [-0.39, 0.29) is 5.41 Å². The van der Waals surface area contributed by atoms with Crippen LogP contribution < -0.4 is 0 Å². The van der Waals surface area contributed by atoms with Crippen LogP contribution in [0.1, 0.15) is 60.7 Å². The van der Waals surface area contributed by atoms with Gasteiger partial charge in [0.2, 0.25) is 0 Å². The van der Waals surface area contributed by atoms with Gasteiger partial charge in [0.15, 0.2) is 0 Å². The predicted molar refractivity (Wildman–Crippen MR) is 112 cm³/mol. The van der Waals surface area contributed by atoms with Crippen LogP contribution in [0.15, 0.2) is 48.5 Å². The van der Waals surface area contributed by atoms with Crippen LogP contribution in [-0.2, 0) is 18.3 Å². The van der Waals surface area contributed by atoms with E-state index in [4.69, 9.17) is 0 Å². The third-order valence-electron chi connectivity index (χ3n) is 6.12. The highest BCUT2D eigenvalue weighted by Gasteiger charge is 2.27. The summed E-state index contributed by atoms with van der Waals surface area (Å²) in [6.07, 6.45) is 4.35. The summed E-state index contributed by atoms with van der Waals surface area (Å²) in [6.45, 7) is 6.66. The van der Waals surface area contributed by atoms with Crippen LogP contribution in [0, 0.1) is 0 Å². The van der Waals surface area contributed by atoms with Crippen LogP contribution in [-0.4, -0.2) is 11.1 Å². The molecule has 0 amide bonds. The van der Waals surface area contributed by atoms with Crippen molar-refractivity contribution in [1.82, 2.24) is 0 Å². The first kappa shape index (κ1) is 17.8. The van der Waals surface area contributed by atoms with Crippen LogP contribution in [0.3, 0.4) is 0 Å². The normalized spacial score (nSPS) is 15.5. The molecule has 0 bridgehead atoms. The molecule has 1 aliphatic rings. The maximum Gasteiger partial charge on any atom is 0.336 e. The summed E-state index contributed by atoms with van der Waals surface area (Å²) in [6, 6.07) is 17.0. The van der Waals surface area contributed by atoms with Crippen LogP contribution in [0.25, 0.3) is 21.9 Å². The van der Waals surface area contributed by atoms with E-state index in [1.165, 1.54) is 29.5 Å². The number of carboxylic acids is 1. The van der Waals surface area contributed by atoms with Crippen molar-refractivity contribution in [3.8, 4) is 11.1 Å². The molecule has 0 aliphatic heterocycles. The molecule has 0 radical (unpaired) electrons. The van der Waals surface area contributed by atoms with Gasteiger partial charge in [-0.05, 0) is 75.8 Å². The molecule has 27 heavy (non-hydrogen) atoms. The summed E-state index contributed by atoms with van der Waals surface area (Å²) in [4.78, 5) is 11.8. The smallest absolute Gasteiger partial charge is 0.336 e. The van der Waals surface area contributed by atoms with Gasteiger partial charge in [-0.2, -0.15) is 0 Å². The topological polar surface area (TPSA) is 37.3 Å². The zero-order valence-electron chi connectivity index (χ0n) is 16.3. The monoisotopic (exact) mass is 358 g/mol. The van der Waals surface area contributed by atoms with E-state index in [0.29, 0.717) is 5.56 Å². The van der Waals surface area contributed by atoms with Crippen molar-refractivity contribution in [3.63, 3.8) is 0 Å². The summed E-state index contributed by atoms with van der Waals surface area (Å²) in [5, 5.41) is 11.5. The second kappa shape index (κ2) is 6.53. The molecule has 3 aromatic rings. The SMILES string of the molecule is CCc1ccc2cc(-c3ccc4c(c3)CCCC4(C)C)ccc2c1C(=O)O. The Hall–Kier alpha value is -2.61. The minimum atomic E-state index is -0.846. The molecule has 1 aliphatic carbocycles. The van der Waals surface area contributed by atoms with E-state index in [9.17, 15) is 9.90 Å². The highest BCUT2D eigenvalue weighted by molar-refractivity contribution is 6.06. The Morgan fingerprint density at radius 3 is 2.52 bits per heavy atom. The minimum Gasteiger partial charge on any atom is -0.478 e. The molecule has 0 unspecified atom stereocenters. The standard InChI is InChI=1S/C25H26O2/c1-4-16-7-8-19-14-17(9-11-21(19)23(16)24(26)27)18-10-12-22-20(15-18)6-5-13-25(22,2)3/h7-12,14-15H,4-6,13H2,1-3H3,(H,26,27). The average Bonchev–Trinajstić information content (AvgIpc) is 2.65. The lowest BCUT2D eigenvalue weighted by atomic mass is 9.72. The zero-order valence-corrected chi connectivity index (χ0v) is 16.3. The van der Waals surface area contributed by atoms with Gasteiger partial charge in [0.05, 0.1) is 5.56 Å². The van der Waals surface area contributed by atoms with Crippen LogP contribution in [0.2, 0.25) is 0 Å². The lowest BCUT2D eigenvalue weighted by molar-refractivity contribution is 0.0698. The van der Waals surface area contributed by atoms with Gasteiger partial charge in [0.1, 0.15) is 0 Å². The molecular weight excluding hydrogens is 332 g/mol. The Bertz CT molecular complexity index is 1040. The maximum absolute atomic E-state index is 11.8. The van der Waals surface area contributed by atoms with Gasteiger partial charge in [-0.25, -0.2) is 4.79 Å². The summed E-state index contributed by atoms with van der Waals surface area (Å²) < 4.78 is 0. The Morgan fingerprint density at radius 1 is 1.04 bits per heavy atom. The van der Waals surface area contributed by atoms with Gasteiger partial charge >= 0.3 is 5.97 Å². The van der Waals surface area contributed by atoms with Gasteiger partial charge in [-0.1, -0.05) is 63.2 Å². The van der Waals surface area contributed by atoms with Crippen molar-refractivity contribution in [2.24, 2.45) is 0 Å². The highest BCUT2D eigenvalue weighted by Crippen LogP contribution is 2.39. The second-order valence-corrected chi connectivity index (χ2v) is 8.30. The summed E-state index contributed by atoms with van der Waals surface area (Å²) >= 11 is 0. The third-order valence-corrected chi connectivity index (χ3v) is 6.12. The van der Waals surface area contributed by atoms with Crippen molar-refractivity contribution < 1.29 is 9.90 Å². The third kappa shape index (κ3) is 3.03. The van der Waals surface area contributed by atoms with Crippen molar-refractivity contribution in [2.45, 2.75) is 51.9 Å². The first-order valence-corrected chi connectivity index (χ1v) is 9.83. The molecule has 3 aromatic carbocycles. The number of fused-ring (bicyclic) bond motifs is 2. The number of benzene rings is 3. The van der Waals surface area contributed by atoms with Crippen molar-refractivity contribution in [3.05, 3.63) is 70.8 Å². The second-order valence-electron chi connectivity index (χ2n) is 8.30. The fraction of sp³-hybridized carbons (Fsp3) is 0.320. The molecule has 0 aromatic heterocycles. The Morgan fingerprint density at radius 2 is 1.78 bits per heavy atom. The number of aromatic carboxylic acids is 1. The molecule has 0 heterocycles. The first-order chi connectivity index (χ1) is 12.9. The van der Waals surface area contributed by atoms with Gasteiger partial charge in [0, 0.05) is 0 Å². The van der Waals surface area contributed by atoms with E-state index in [1.54, 1.807) is 0 Å². The van der Waals surface area contributed by atoms with Gasteiger partial charge in [0.25, 0.3) is 0 Å². The van der Waals surface area contributed by atoms with E-state index in [1.807, 2.05) is 25.1 Å². The number of aryl methyl sites for hydroxylation is 2. The lowest BCUT2D eigenvalue weighted by Gasteiger charge is -2.32. The van der Waals surface area contributed by atoms with E-state index >= 15 is 0 Å². The van der Waals surface area contributed by atoms with E-state index in [0.717, 1.165) is 34.7 Å². The molecule has 0 atom stereocenters. The Kier molecular flexibility index (Phi) is 4.30. The largest absolute Gasteiger partial charge is 0.478 e. The average molecular weight is 358 g/mol. The van der Waals surface area contributed by atoms with E-state index in [2.05, 4.69) is 44.2 Å². The summed E-state index contributed by atoms with van der Waals surface area (Å²) in [5.41, 5.74) is 6.87. The molecule has 1 N–H and O–H groups in total. The highest BCUT2D eigenvalue weighted by atomic mass is 16.4. The number of rotatable bonds is 3. The fourth-order valence-corrected chi connectivity index (χ4v) is 4.60. The van der Waals surface area contributed by atoms with Gasteiger partial charge in [-0.3, -0.25) is 0 Å². The molecule has 0 spiro atoms. The molecule has 2 nitrogen and oxygen atoms in total. The quantitative estimate of drug-likeness (QED) is 0.590. The molecular formula is C25H26O2. The van der Waals surface area contributed by atoms with Crippen molar-refractivity contribution in [2.75, 3.05) is 0 Å². The molecule has 138 valence electrons. The maximum atomic E-state index is 11.8. The van der Waals surface area contributed by atoms with Crippen molar-refractivity contribution >= 4 is 16.7 Å². The zero-order chi connectivity index (χ0) is 19.2. The van der Waals surface area contributed by atoms with Crippen LogP contribution in [0.4, 0.5) is 0 Å². The number of hydrogen-bond acceptors (Lipinski definition) is 1. The predicted octanol–water partition coefficient (Wildman–Crippen LogP) is 6.38. The van der Waals surface area contributed by atoms with Gasteiger partial charge < -0.3 is 5.11 Å². The van der Waals surface area contributed by atoms with Crippen LogP contribution >= 0.6 is 0 Å². The first-order valence-electron chi connectivity index (χ1n) is 9.83. The Balaban J connectivity index is 1.83. The summed E-state index contributed by atoms with van der Waals surface area (Å²) in [5.74, 6) is -0.846. The van der Waals surface area contributed by atoms with E-state index < -0.39 is 5.97 Å².